The highest BCUT2D eigenvalue weighted by molar-refractivity contribution is 5.67. The van der Waals surface area contributed by atoms with Crippen LogP contribution in [0.3, 0.4) is 0 Å². The van der Waals surface area contributed by atoms with Crippen LogP contribution in [0.25, 0.3) is 0 Å². The Morgan fingerprint density at radius 3 is 2.72 bits per heavy atom. The molecule has 92 valence electrons. The maximum atomic E-state index is 10.8. The lowest BCUT2D eigenvalue weighted by Crippen LogP contribution is -2.08. The molecule has 18 heavy (non-hydrogen) atoms. The molecule has 0 fully saturated rings. The molecule has 0 aliphatic rings. The van der Waals surface area contributed by atoms with Crippen LogP contribution >= 0.6 is 0 Å². The van der Waals surface area contributed by atoms with Gasteiger partial charge in [-0.05, 0) is 17.7 Å². The summed E-state index contributed by atoms with van der Waals surface area (Å²) in [4.78, 5) is 21.5. The second-order valence-electron chi connectivity index (χ2n) is 3.42. The van der Waals surface area contributed by atoms with Gasteiger partial charge >= 0.3 is 5.69 Å². The molecule has 0 radical (unpaired) electrons. The molecule has 0 saturated heterocycles. The number of hydrogen-bond acceptors (Lipinski definition) is 7. The third-order valence-corrected chi connectivity index (χ3v) is 2.24. The van der Waals surface area contributed by atoms with Crippen molar-refractivity contribution in [3.05, 3.63) is 46.5 Å². The van der Waals surface area contributed by atoms with Crippen molar-refractivity contribution >= 4 is 17.3 Å². The first kappa shape index (κ1) is 11.7. The number of anilines is 2. The Hall–Kier alpha value is -2.77. The molecule has 0 spiro atoms. The van der Waals surface area contributed by atoms with Gasteiger partial charge < -0.3 is 11.1 Å². The minimum Gasteiger partial charge on any atom is -0.378 e. The zero-order valence-electron chi connectivity index (χ0n) is 9.28. The van der Waals surface area contributed by atoms with Gasteiger partial charge in [-0.2, -0.15) is 0 Å². The van der Waals surface area contributed by atoms with E-state index >= 15 is 0 Å². The lowest BCUT2D eigenvalue weighted by molar-refractivity contribution is -0.383. The summed E-state index contributed by atoms with van der Waals surface area (Å²) in [6, 6.07) is 3.59. The minimum atomic E-state index is -0.607. The SMILES string of the molecule is Nc1ncnc(NCc2ccncc2)c1[N+](=O)[O-]. The molecule has 3 N–H and O–H groups in total. The van der Waals surface area contributed by atoms with E-state index in [1.54, 1.807) is 24.5 Å². The van der Waals surface area contributed by atoms with Gasteiger partial charge in [0.1, 0.15) is 6.33 Å². The van der Waals surface area contributed by atoms with Crippen LogP contribution in [0.5, 0.6) is 0 Å². The summed E-state index contributed by atoms with van der Waals surface area (Å²) < 4.78 is 0. The first-order valence-corrected chi connectivity index (χ1v) is 5.06. The number of nitrogen functional groups attached to an aromatic ring is 1. The van der Waals surface area contributed by atoms with E-state index in [1.165, 1.54) is 6.33 Å². The van der Waals surface area contributed by atoms with E-state index in [4.69, 9.17) is 5.73 Å². The Morgan fingerprint density at radius 1 is 1.33 bits per heavy atom. The summed E-state index contributed by atoms with van der Waals surface area (Å²) in [6.45, 7) is 0.389. The topological polar surface area (TPSA) is 120 Å². The van der Waals surface area contributed by atoms with Crippen LogP contribution in [0.1, 0.15) is 5.56 Å². The van der Waals surface area contributed by atoms with E-state index in [0.717, 1.165) is 5.56 Å². The number of nitrogens with zero attached hydrogens (tertiary/aromatic N) is 4. The van der Waals surface area contributed by atoms with E-state index in [-0.39, 0.29) is 17.3 Å². The third-order valence-electron chi connectivity index (χ3n) is 2.24. The molecule has 0 aliphatic carbocycles. The number of nitrogens with two attached hydrogens (primary N) is 1. The molecule has 0 atom stereocenters. The van der Waals surface area contributed by atoms with Crippen molar-refractivity contribution in [2.75, 3.05) is 11.1 Å². The third kappa shape index (κ3) is 2.48. The fourth-order valence-electron chi connectivity index (χ4n) is 1.39. The fraction of sp³-hybridized carbons (Fsp3) is 0.100. The first-order valence-electron chi connectivity index (χ1n) is 5.06. The average Bonchev–Trinajstić information content (AvgIpc) is 2.37. The van der Waals surface area contributed by atoms with Crippen molar-refractivity contribution in [2.45, 2.75) is 6.54 Å². The Labute approximate surface area is 102 Å². The molecule has 0 saturated carbocycles. The summed E-state index contributed by atoms with van der Waals surface area (Å²) in [7, 11) is 0. The Kier molecular flexibility index (Phi) is 3.28. The van der Waals surface area contributed by atoms with Crippen LogP contribution in [0.4, 0.5) is 17.3 Å². The van der Waals surface area contributed by atoms with Gasteiger partial charge in [0.25, 0.3) is 0 Å². The molecule has 2 aromatic heterocycles. The van der Waals surface area contributed by atoms with Gasteiger partial charge in [0.05, 0.1) is 4.92 Å². The highest BCUT2D eigenvalue weighted by Crippen LogP contribution is 2.26. The summed E-state index contributed by atoms with van der Waals surface area (Å²) in [5.74, 6) is -0.0588. The van der Waals surface area contributed by atoms with Crippen molar-refractivity contribution in [1.29, 1.82) is 0 Å². The van der Waals surface area contributed by atoms with Gasteiger partial charge in [0, 0.05) is 18.9 Å². The van der Waals surface area contributed by atoms with Crippen molar-refractivity contribution in [1.82, 2.24) is 15.0 Å². The van der Waals surface area contributed by atoms with Crippen molar-refractivity contribution in [2.24, 2.45) is 0 Å². The highest BCUT2D eigenvalue weighted by atomic mass is 16.6. The predicted molar refractivity (Wildman–Crippen MR) is 64.7 cm³/mol. The zero-order chi connectivity index (χ0) is 13.0. The lowest BCUT2D eigenvalue weighted by atomic mass is 10.2. The largest absolute Gasteiger partial charge is 0.378 e. The second kappa shape index (κ2) is 5.04. The summed E-state index contributed by atoms with van der Waals surface area (Å²) in [5, 5.41) is 13.7. The van der Waals surface area contributed by atoms with Gasteiger partial charge in [-0.15, -0.1) is 0 Å². The van der Waals surface area contributed by atoms with E-state index in [2.05, 4.69) is 20.3 Å². The van der Waals surface area contributed by atoms with E-state index in [1.807, 2.05) is 0 Å². The number of aromatic nitrogens is 3. The van der Waals surface area contributed by atoms with E-state index in [0.29, 0.717) is 6.54 Å². The number of nitrogens with one attached hydrogen (secondary N) is 1. The summed E-state index contributed by atoms with van der Waals surface area (Å²) >= 11 is 0. The van der Waals surface area contributed by atoms with Crippen molar-refractivity contribution < 1.29 is 4.92 Å². The zero-order valence-corrected chi connectivity index (χ0v) is 9.28. The predicted octanol–water partition coefficient (Wildman–Crippen LogP) is 0.974. The van der Waals surface area contributed by atoms with Crippen LogP contribution in [0.15, 0.2) is 30.9 Å². The summed E-state index contributed by atoms with van der Waals surface area (Å²) in [5.41, 5.74) is 6.06. The van der Waals surface area contributed by atoms with Gasteiger partial charge in [-0.1, -0.05) is 0 Å². The number of pyridine rings is 1. The van der Waals surface area contributed by atoms with Crippen molar-refractivity contribution in [3.63, 3.8) is 0 Å². The number of nitro groups is 1. The fourth-order valence-corrected chi connectivity index (χ4v) is 1.39. The van der Waals surface area contributed by atoms with Gasteiger partial charge in [-0.25, -0.2) is 9.97 Å². The van der Waals surface area contributed by atoms with Crippen LogP contribution in [-0.2, 0) is 6.54 Å². The molecule has 2 rings (SSSR count). The van der Waals surface area contributed by atoms with Gasteiger partial charge in [0.2, 0.25) is 11.6 Å². The van der Waals surface area contributed by atoms with Gasteiger partial charge in [0.15, 0.2) is 0 Å². The molecule has 0 aromatic carbocycles. The quantitative estimate of drug-likeness (QED) is 0.609. The molecular formula is C10H10N6O2. The number of rotatable bonds is 4. The molecule has 0 bridgehead atoms. The minimum absolute atomic E-state index is 0.101. The lowest BCUT2D eigenvalue weighted by Gasteiger charge is -2.06. The van der Waals surface area contributed by atoms with Crippen LogP contribution < -0.4 is 11.1 Å². The average molecular weight is 246 g/mol. The molecule has 0 amide bonds. The van der Waals surface area contributed by atoms with Crippen LogP contribution in [-0.4, -0.2) is 19.9 Å². The van der Waals surface area contributed by atoms with Crippen molar-refractivity contribution in [3.8, 4) is 0 Å². The maximum Gasteiger partial charge on any atom is 0.352 e. The van der Waals surface area contributed by atoms with Crippen LogP contribution in [0, 0.1) is 10.1 Å². The van der Waals surface area contributed by atoms with Crippen LogP contribution in [0.2, 0.25) is 0 Å². The Balaban J connectivity index is 2.20. The Morgan fingerprint density at radius 2 is 2.06 bits per heavy atom. The monoisotopic (exact) mass is 246 g/mol. The van der Waals surface area contributed by atoms with Gasteiger partial charge in [-0.3, -0.25) is 15.1 Å². The normalized spacial score (nSPS) is 10.0. The van der Waals surface area contributed by atoms with E-state index in [9.17, 15) is 10.1 Å². The Bertz CT molecular complexity index is 560. The molecule has 0 unspecified atom stereocenters. The molecule has 2 aromatic rings. The maximum absolute atomic E-state index is 10.8. The first-order chi connectivity index (χ1) is 8.68. The standard InChI is InChI=1S/C10H10N6O2/c11-9-8(16(17)18)10(15-6-14-9)13-5-7-1-3-12-4-2-7/h1-4,6H,5H2,(H3,11,13,14,15). The van der Waals surface area contributed by atoms with E-state index < -0.39 is 4.92 Å². The molecular weight excluding hydrogens is 236 g/mol. The summed E-state index contributed by atoms with van der Waals surface area (Å²) in [6.07, 6.45) is 4.46. The molecule has 0 aliphatic heterocycles. The molecule has 2 heterocycles. The molecule has 8 nitrogen and oxygen atoms in total. The second-order valence-corrected chi connectivity index (χ2v) is 3.42. The highest BCUT2D eigenvalue weighted by Gasteiger charge is 2.20. The number of hydrogen-bond donors (Lipinski definition) is 2. The molecule has 8 heteroatoms. The smallest absolute Gasteiger partial charge is 0.352 e.